The van der Waals surface area contributed by atoms with Crippen molar-refractivity contribution in [2.45, 2.75) is 13.0 Å². The first-order chi connectivity index (χ1) is 16.0. The molecule has 1 unspecified atom stereocenters. The fourth-order valence-electron chi connectivity index (χ4n) is 4.21. The Balaban J connectivity index is 1.81. The molecule has 8 nitrogen and oxygen atoms in total. The molecule has 0 aromatic heterocycles. The van der Waals surface area contributed by atoms with Gasteiger partial charge in [0.05, 0.1) is 37.1 Å². The summed E-state index contributed by atoms with van der Waals surface area (Å²) in [6, 6.07) is 11.7. The second-order valence-corrected chi connectivity index (χ2v) is 7.94. The minimum Gasteiger partial charge on any atom is -0.507 e. The number of aliphatic hydroxyl groups excluding tert-OH is 1. The molecule has 2 aromatic rings. The lowest BCUT2D eigenvalue weighted by atomic mass is 9.95. The van der Waals surface area contributed by atoms with E-state index in [9.17, 15) is 14.7 Å². The van der Waals surface area contributed by atoms with Gasteiger partial charge in [-0.25, -0.2) is 0 Å². The highest BCUT2D eigenvalue weighted by molar-refractivity contribution is 6.46. The Morgan fingerprint density at radius 3 is 2.64 bits per heavy atom. The molecular formula is C25H28N2O6. The van der Waals surface area contributed by atoms with E-state index in [0.717, 1.165) is 5.69 Å². The maximum atomic E-state index is 13.1. The number of benzene rings is 2. The first-order valence-corrected chi connectivity index (χ1v) is 10.9. The van der Waals surface area contributed by atoms with Crippen molar-refractivity contribution in [1.82, 2.24) is 4.90 Å². The van der Waals surface area contributed by atoms with E-state index in [2.05, 4.69) is 0 Å². The molecule has 0 saturated carbocycles. The molecule has 0 radical (unpaired) electrons. The van der Waals surface area contributed by atoms with Crippen molar-refractivity contribution in [1.29, 1.82) is 0 Å². The number of fused-ring (bicyclic) bond motifs is 1. The quantitative estimate of drug-likeness (QED) is 0.393. The Morgan fingerprint density at radius 2 is 1.94 bits per heavy atom. The predicted molar refractivity (Wildman–Crippen MR) is 124 cm³/mol. The number of ketones is 1. The third kappa shape index (κ3) is 4.26. The molecule has 8 heteroatoms. The van der Waals surface area contributed by atoms with Gasteiger partial charge >= 0.3 is 0 Å². The number of hydrogen-bond acceptors (Lipinski definition) is 7. The van der Waals surface area contributed by atoms with Gasteiger partial charge in [-0.05, 0) is 42.8 Å². The van der Waals surface area contributed by atoms with Crippen LogP contribution in [0.4, 0.5) is 5.69 Å². The number of methoxy groups -OCH3 is 1. The number of aliphatic hydroxyl groups is 1. The lowest BCUT2D eigenvalue weighted by Crippen LogP contribution is -2.32. The van der Waals surface area contributed by atoms with E-state index < -0.39 is 17.7 Å². The van der Waals surface area contributed by atoms with E-state index >= 15 is 0 Å². The maximum absolute atomic E-state index is 13.1. The number of likely N-dealkylation sites (tertiary alicyclic amines) is 1. The number of rotatable bonds is 7. The summed E-state index contributed by atoms with van der Waals surface area (Å²) < 4.78 is 16.4. The maximum Gasteiger partial charge on any atom is 0.295 e. The van der Waals surface area contributed by atoms with Crippen molar-refractivity contribution in [3.05, 3.63) is 59.2 Å². The number of carbonyl (C=O) groups is 2. The summed E-state index contributed by atoms with van der Waals surface area (Å²) in [5, 5.41) is 11.3. The standard InChI is InChI=1S/C25H28N2O6/c1-4-32-18-8-5-16(6-9-18)22-21(24(29)25(30)27(22)12-13-31-3)23(28)17-7-10-20-19(15-17)26(2)11-14-33-20/h5-10,15,22,28H,4,11-14H2,1-3H3/b23-21-. The van der Waals surface area contributed by atoms with Gasteiger partial charge in [-0.15, -0.1) is 0 Å². The smallest absolute Gasteiger partial charge is 0.295 e. The average Bonchev–Trinajstić information content (AvgIpc) is 3.08. The molecule has 2 aliphatic heterocycles. The number of carbonyl (C=O) groups excluding carboxylic acids is 2. The molecule has 2 aliphatic rings. The van der Waals surface area contributed by atoms with Crippen LogP contribution in [-0.2, 0) is 14.3 Å². The number of ether oxygens (including phenoxy) is 3. The van der Waals surface area contributed by atoms with Gasteiger partial charge in [-0.2, -0.15) is 0 Å². The molecule has 2 aromatic carbocycles. The number of likely N-dealkylation sites (N-methyl/N-ethyl adjacent to an activating group) is 1. The fraction of sp³-hybridized carbons (Fsp3) is 0.360. The zero-order valence-electron chi connectivity index (χ0n) is 19.0. The second kappa shape index (κ2) is 9.54. The van der Waals surface area contributed by atoms with Gasteiger partial charge < -0.3 is 29.1 Å². The van der Waals surface area contributed by atoms with Gasteiger partial charge in [0.2, 0.25) is 0 Å². The van der Waals surface area contributed by atoms with Crippen LogP contribution in [0.15, 0.2) is 48.0 Å². The van der Waals surface area contributed by atoms with Gasteiger partial charge in [0.25, 0.3) is 11.7 Å². The lowest BCUT2D eigenvalue weighted by molar-refractivity contribution is -0.140. The third-order valence-electron chi connectivity index (χ3n) is 5.91. The van der Waals surface area contributed by atoms with Crippen molar-refractivity contribution in [3.8, 4) is 11.5 Å². The van der Waals surface area contributed by atoms with Crippen molar-refractivity contribution >= 4 is 23.1 Å². The van der Waals surface area contributed by atoms with Crippen LogP contribution in [-0.4, -0.2) is 68.8 Å². The third-order valence-corrected chi connectivity index (χ3v) is 5.91. The first kappa shape index (κ1) is 22.7. The monoisotopic (exact) mass is 452 g/mol. The fourth-order valence-corrected chi connectivity index (χ4v) is 4.21. The molecule has 2 heterocycles. The highest BCUT2D eigenvalue weighted by Crippen LogP contribution is 2.41. The molecule has 4 rings (SSSR count). The lowest BCUT2D eigenvalue weighted by Gasteiger charge is -2.28. The summed E-state index contributed by atoms with van der Waals surface area (Å²) in [4.78, 5) is 29.5. The molecule has 1 N–H and O–H groups in total. The molecule has 33 heavy (non-hydrogen) atoms. The van der Waals surface area contributed by atoms with E-state index in [4.69, 9.17) is 14.2 Å². The molecule has 1 fully saturated rings. The Kier molecular flexibility index (Phi) is 6.55. The average molecular weight is 453 g/mol. The summed E-state index contributed by atoms with van der Waals surface area (Å²) in [7, 11) is 3.48. The Hall–Kier alpha value is -3.52. The minimum atomic E-state index is -0.735. The Morgan fingerprint density at radius 1 is 1.18 bits per heavy atom. The van der Waals surface area contributed by atoms with Gasteiger partial charge in [0.1, 0.15) is 23.9 Å². The summed E-state index contributed by atoms with van der Waals surface area (Å²) in [5.41, 5.74) is 2.02. The van der Waals surface area contributed by atoms with Crippen LogP contribution in [0.25, 0.3) is 5.76 Å². The van der Waals surface area contributed by atoms with Gasteiger partial charge in [0.15, 0.2) is 0 Å². The number of anilines is 1. The van der Waals surface area contributed by atoms with Crippen LogP contribution in [0.1, 0.15) is 24.1 Å². The van der Waals surface area contributed by atoms with Crippen molar-refractivity contribution in [2.24, 2.45) is 0 Å². The Labute approximate surface area is 193 Å². The Bertz CT molecular complexity index is 1080. The second-order valence-electron chi connectivity index (χ2n) is 7.94. The van der Waals surface area contributed by atoms with E-state index in [1.54, 1.807) is 30.3 Å². The zero-order valence-corrected chi connectivity index (χ0v) is 19.0. The van der Waals surface area contributed by atoms with E-state index in [1.807, 2.05) is 31.0 Å². The van der Waals surface area contributed by atoms with Crippen LogP contribution >= 0.6 is 0 Å². The number of nitrogens with zero attached hydrogens (tertiary/aromatic N) is 2. The van der Waals surface area contributed by atoms with Crippen LogP contribution in [0, 0.1) is 0 Å². The summed E-state index contributed by atoms with van der Waals surface area (Å²) in [5.74, 6) is -0.193. The van der Waals surface area contributed by atoms with Crippen molar-refractivity contribution in [2.75, 3.05) is 52.0 Å². The molecular weight excluding hydrogens is 424 g/mol. The van der Waals surface area contributed by atoms with E-state index in [1.165, 1.54) is 12.0 Å². The number of amides is 1. The number of hydrogen-bond donors (Lipinski definition) is 1. The molecule has 174 valence electrons. The molecule has 0 aliphatic carbocycles. The molecule has 1 atom stereocenters. The predicted octanol–water partition coefficient (Wildman–Crippen LogP) is 2.98. The zero-order chi connectivity index (χ0) is 23.5. The van der Waals surface area contributed by atoms with Gasteiger partial charge in [-0.1, -0.05) is 12.1 Å². The first-order valence-electron chi connectivity index (χ1n) is 10.9. The van der Waals surface area contributed by atoms with E-state index in [-0.39, 0.29) is 24.5 Å². The van der Waals surface area contributed by atoms with Gasteiger partial charge in [-0.3, -0.25) is 9.59 Å². The molecule has 0 bridgehead atoms. The molecule has 1 saturated heterocycles. The van der Waals surface area contributed by atoms with E-state index in [0.29, 0.717) is 42.4 Å². The highest BCUT2D eigenvalue weighted by Gasteiger charge is 2.46. The topological polar surface area (TPSA) is 88.5 Å². The van der Waals surface area contributed by atoms with Crippen LogP contribution in [0.3, 0.4) is 0 Å². The van der Waals surface area contributed by atoms with Crippen LogP contribution in [0.2, 0.25) is 0 Å². The highest BCUT2D eigenvalue weighted by atomic mass is 16.5. The number of Topliss-reactive ketones (excluding diaryl/α,β-unsaturated/α-hetero) is 1. The normalized spacial score (nSPS) is 19.4. The SMILES string of the molecule is CCOc1ccc(C2/C(=C(/O)c3ccc4c(c3)N(C)CCO4)C(=O)C(=O)N2CCOC)cc1. The largest absolute Gasteiger partial charge is 0.507 e. The molecule has 0 spiro atoms. The minimum absolute atomic E-state index is 0.0552. The van der Waals surface area contributed by atoms with Crippen molar-refractivity contribution < 1.29 is 28.9 Å². The summed E-state index contributed by atoms with van der Waals surface area (Å²) in [6.07, 6.45) is 0. The van der Waals surface area contributed by atoms with Crippen LogP contribution < -0.4 is 14.4 Å². The molecule has 1 amide bonds. The van der Waals surface area contributed by atoms with Crippen LogP contribution in [0.5, 0.6) is 11.5 Å². The van der Waals surface area contributed by atoms with Crippen molar-refractivity contribution in [3.63, 3.8) is 0 Å². The summed E-state index contributed by atoms with van der Waals surface area (Å²) >= 11 is 0. The van der Waals surface area contributed by atoms with Gasteiger partial charge in [0, 0.05) is 26.3 Å². The summed E-state index contributed by atoms with van der Waals surface area (Å²) in [6.45, 7) is 4.21.